The van der Waals surface area contributed by atoms with Gasteiger partial charge in [0.25, 0.3) is 0 Å². The van der Waals surface area contributed by atoms with Gasteiger partial charge in [-0.2, -0.15) is 4.68 Å². The van der Waals surface area contributed by atoms with Crippen LogP contribution in [0.4, 0.5) is 0 Å². The first-order valence-electron chi connectivity index (χ1n) is 8.62. The molecule has 0 bridgehead atoms. The highest BCUT2D eigenvalue weighted by Crippen LogP contribution is 2.34. The molecule has 4 aromatic rings. The lowest BCUT2D eigenvalue weighted by Crippen LogP contribution is -2.06. The predicted molar refractivity (Wildman–Crippen MR) is 102 cm³/mol. The Bertz CT molecular complexity index is 1010. The third-order valence-electron chi connectivity index (χ3n) is 4.11. The van der Waals surface area contributed by atoms with E-state index in [-0.39, 0.29) is 5.25 Å². The Balaban J connectivity index is 1.63. The van der Waals surface area contributed by atoms with Crippen molar-refractivity contribution in [1.82, 2.24) is 40.0 Å². The largest absolute Gasteiger partial charge is 0.302 e. The summed E-state index contributed by atoms with van der Waals surface area (Å²) in [6.45, 7) is 4.91. The summed E-state index contributed by atoms with van der Waals surface area (Å²) in [5.41, 5.74) is 1.92. The zero-order chi connectivity index (χ0) is 18.6. The number of rotatable bonds is 6. The van der Waals surface area contributed by atoms with Crippen molar-refractivity contribution >= 4 is 11.8 Å². The summed E-state index contributed by atoms with van der Waals surface area (Å²) in [6.07, 6.45) is 3.51. The van der Waals surface area contributed by atoms with Gasteiger partial charge in [0.05, 0.1) is 10.9 Å². The van der Waals surface area contributed by atoms with Crippen LogP contribution in [0.25, 0.3) is 17.1 Å². The number of nitrogens with zero attached hydrogens (tertiary/aromatic N) is 8. The van der Waals surface area contributed by atoms with Gasteiger partial charge in [-0.05, 0) is 48.5 Å². The van der Waals surface area contributed by atoms with Crippen LogP contribution < -0.4 is 0 Å². The minimum Gasteiger partial charge on any atom is -0.302 e. The van der Waals surface area contributed by atoms with Gasteiger partial charge in [0.2, 0.25) is 0 Å². The van der Waals surface area contributed by atoms with E-state index >= 15 is 0 Å². The molecule has 0 saturated heterocycles. The van der Waals surface area contributed by atoms with Crippen LogP contribution in [0.5, 0.6) is 0 Å². The van der Waals surface area contributed by atoms with Crippen LogP contribution >= 0.6 is 11.8 Å². The lowest BCUT2D eigenvalue weighted by molar-refractivity contribution is 0.683. The molecule has 8 nitrogen and oxygen atoms in total. The van der Waals surface area contributed by atoms with E-state index in [1.165, 1.54) is 0 Å². The number of tetrazole rings is 1. The van der Waals surface area contributed by atoms with Crippen molar-refractivity contribution in [3.05, 3.63) is 60.7 Å². The molecule has 0 spiro atoms. The molecular weight excluding hydrogens is 360 g/mol. The van der Waals surface area contributed by atoms with Gasteiger partial charge in [-0.25, -0.2) is 0 Å². The van der Waals surface area contributed by atoms with Crippen LogP contribution in [-0.4, -0.2) is 40.0 Å². The quantitative estimate of drug-likeness (QED) is 0.476. The molecule has 0 fully saturated rings. The van der Waals surface area contributed by atoms with Crippen LogP contribution in [0.15, 0.2) is 60.0 Å². The fourth-order valence-corrected chi connectivity index (χ4v) is 3.79. The summed E-state index contributed by atoms with van der Waals surface area (Å²) >= 11 is 1.59. The van der Waals surface area contributed by atoms with E-state index in [9.17, 15) is 0 Å². The Hall–Kier alpha value is -3.07. The van der Waals surface area contributed by atoms with Gasteiger partial charge in [0, 0.05) is 24.5 Å². The summed E-state index contributed by atoms with van der Waals surface area (Å²) in [7, 11) is 0. The molecule has 0 unspecified atom stereocenters. The van der Waals surface area contributed by atoms with E-state index in [2.05, 4.69) is 49.1 Å². The van der Waals surface area contributed by atoms with E-state index in [0.717, 1.165) is 34.6 Å². The first-order chi connectivity index (χ1) is 13.3. The van der Waals surface area contributed by atoms with Crippen LogP contribution in [0.1, 0.15) is 24.9 Å². The van der Waals surface area contributed by atoms with Crippen LogP contribution in [0.3, 0.4) is 0 Å². The fraction of sp³-hybridized carbons (Fsp3) is 0.222. The normalized spacial score (nSPS) is 12.2. The lowest BCUT2D eigenvalue weighted by Gasteiger charge is -2.12. The van der Waals surface area contributed by atoms with Crippen molar-refractivity contribution in [2.45, 2.75) is 30.8 Å². The minimum absolute atomic E-state index is 0.00000357. The Morgan fingerprint density at radius 2 is 1.78 bits per heavy atom. The number of hydrogen-bond acceptors (Lipinski definition) is 7. The van der Waals surface area contributed by atoms with Crippen molar-refractivity contribution in [2.75, 3.05) is 0 Å². The SMILES string of the molecule is CCn1c(S[C@H](C)c2nnnn2-c2ccccc2)nnc1-c1ccncc1. The monoisotopic (exact) mass is 378 g/mol. The van der Waals surface area contributed by atoms with E-state index in [0.29, 0.717) is 0 Å². The standard InChI is InChI=1S/C18H18N8S/c1-3-25-17(14-9-11-19-12-10-14)20-22-18(25)27-13(2)16-21-23-24-26(16)15-7-5-4-6-8-15/h4-13H,3H2,1-2H3/t13-/m1/s1. The highest BCUT2D eigenvalue weighted by Gasteiger charge is 2.21. The van der Waals surface area contributed by atoms with Gasteiger partial charge in [-0.1, -0.05) is 30.0 Å². The third-order valence-corrected chi connectivity index (χ3v) is 5.19. The van der Waals surface area contributed by atoms with Gasteiger partial charge in [-0.3, -0.25) is 4.98 Å². The van der Waals surface area contributed by atoms with E-state index in [1.807, 2.05) is 42.5 Å². The molecule has 0 aliphatic carbocycles. The first kappa shape index (κ1) is 17.3. The topological polar surface area (TPSA) is 87.2 Å². The molecule has 9 heteroatoms. The Labute approximate surface area is 160 Å². The van der Waals surface area contributed by atoms with Crippen molar-refractivity contribution in [2.24, 2.45) is 0 Å². The smallest absolute Gasteiger partial charge is 0.192 e. The molecule has 0 aliphatic heterocycles. The van der Waals surface area contributed by atoms with Gasteiger partial charge in [0.15, 0.2) is 16.8 Å². The molecule has 0 saturated carbocycles. The molecule has 3 aromatic heterocycles. The molecule has 0 aliphatic rings. The van der Waals surface area contributed by atoms with Crippen molar-refractivity contribution in [3.63, 3.8) is 0 Å². The van der Waals surface area contributed by atoms with E-state index in [4.69, 9.17) is 0 Å². The highest BCUT2D eigenvalue weighted by atomic mass is 32.2. The molecular formula is C18H18N8S. The molecule has 0 N–H and O–H groups in total. The van der Waals surface area contributed by atoms with Gasteiger partial charge in [0.1, 0.15) is 0 Å². The van der Waals surface area contributed by atoms with Gasteiger partial charge < -0.3 is 4.57 Å². The molecule has 4 rings (SSSR count). The van der Waals surface area contributed by atoms with Crippen molar-refractivity contribution in [3.8, 4) is 17.1 Å². The number of benzene rings is 1. The maximum absolute atomic E-state index is 4.39. The fourth-order valence-electron chi connectivity index (χ4n) is 2.79. The Morgan fingerprint density at radius 1 is 1.00 bits per heavy atom. The summed E-state index contributed by atoms with van der Waals surface area (Å²) in [4.78, 5) is 4.07. The van der Waals surface area contributed by atoms with Gasteiger partial charge in [-0.15, -0.1) is 15.3 Å². The van der Waals surface area contributed by atoms with Crippen LogP contribution in [0.2, 0.25) is 0 Å². The number of para-hydroxylation sites is 1. The zero-order valence-electron chi connectivity index (χ0n) is 15.0. The molecule has 0 amide bonds. The average Bonchev–Trinajstić information content (AvgIpc) is 3.36. The summed E-state index contributed by atoms with van der Waals surface area (Å²) in [6, 6.07) is 13.7. The number of hydrogen-bond donors (Lipinski definition) is 0. The Morgan fingerprint density at radius 3 is 2.52 bits per heavy atom. The van der Waals surface area contributed by atoms with Crippen molar-refractivity contribution < 1.29 is 0 Å². The maximum Gasteiger partial charge on any atom is 0.192 e. The molecule has 1 aromatic carbocycles. The minimum atomic E-state index is -0.00000357. The summed E-state index contributed by atoms with van der Waals surface area (Å²) in [5.74, 6) is 1.60. The molecule has 27 heavy (non-hydrogen) atoms. The molecule has 0 radical (unpaired) electrons. The summed E-state index contributed by atoms with van der Waals surface area (Å²) < 4.78 is 3.85. The molecule has 1 atom stereocenters. The third kappa shape index (κ3) is 3.45. The lowest BCUT2D eigenvalue weighted by atomic mass is 10.2. The van der Waals surface area contributed by atoms with E-state index in [1.54, 1.807) is 28.8 Å². The van der Waals surface area contributed by atoms with E-state index < -0.39 is 0 Å². The Kier molecular flexibility index (Phi) is 4.93. The second kappa shape index (κ2) is 7.67. The zero-order valence-corrected chi connectivity index (χ0v) is 15.8. The second-order valence-corrected chi connectivity index (χ2v) is 7.14. The van der Waals surface area contributed by atoms with Crippen molar-refractivity contribution in [1.29, 1.82) is 0 Å². The van der Waals surface area contributed by atoms with Gasteiger partial charge >= 0.3 is 0 Å². The molecule has 3 heterocycles. The maximum atomic E-state index is 4.39. The summed E-state index contributed by atoms with van der Waals surface area (Å²) in [5, 5.41) is 21.8. The highest BCUT2D eigenvalue weighted by molar-refractivity contribution is 7.99. The number of thioether (sulfide) groups is 1. The first-order valence-corrected chi connectivity index (χ1v) is 9.50. The predicted octanol–water partition coefficient (Wildman–Crippen LogP) is 3.19. The molecule has 136 valence electrons. The number of pyridine rings is 1. The average molecular weight is 378 g/mol. The van der Waals surface area contributed by atoms with Crippen LogP contribution in [-0.2, 0) is 6.54 Å². The number of aromatic nitrogens is 8. The second-order valence-electron chi connectivity index (χ2n) is 5.83. The van der Waals surface area contributed by atoms with Crippen LogP contribution in [0, 0.1) is 0 Å².